The first kappa shape index (κ1) is 18.7. The fourth-order valence-electron chi connectivity index (χ4n) is 4.62. The number of para-hydroxylation sites is 1. The van der Waals surface area contributed by atoms with E-state index in [1.807, 2.05) is 0 Å². The molecule has 0 aliphatic carbocycles. The van der Waals surface area contributed by atoms with Crippen LogP contribution in [0.25, 0.3) is 49.7 Å². The number of nitrogens with zero attached hydrogens (tertiary/aromatic N) is 1. The largest absolute Gasteiger partial charge is 0.309 e. The summed E-state index contributed by atoms with van der Waals surface area (Å²) in [5.41, 5.74) is 8.59. The maximum absolute atomic E-state index is 2.42. The van der Waals surface area contributed by atoms with Gasteiger partial charge in [-0.1, -0.05) is 103 Å². The van der Waals surface area contributed by atoms with Gasteiger partial charge in [-0.15, -0.1) is 0 Å². The van der Waals surface area contributed by atoms with Crippen molar-refractivity contribution in [1.29, 1.82) is 0 Å². The number of rotatable bonds is 3. The van der Waals surface area contributed by atoms with Crippen LogP contribution in [-0.2, 0) is 0 Å². The molecule has 0 aliphatic heterocycles. The summed E-state index contributed by atoms with van der Waals surface area (Å²) in [7, 11) is 0. The average Bonchev–Trinajstić information content (AvgIpc) is 3.24. The Balaban J connectivity index is 1.71. The predicted octanol–water partition coefficient (Wildman–Crippen LogP) is 8.43. The Kier molecular flexibility index (Phi) is 4.40. The summed E-state index contributed by atoms with van der Waals surface area (Å²) in [6, 6.07) is 43.8. The fraction of sp³-hybridized carbons (Fsp3) is 0.0323. The van der Waals surface area contributed by atoms with Crippen molar-refractivity contribution in [3.63, 3.8) is 0 Å². The molecule has 0 saturated heterocycles. The summed E-state index contributed by atoms with van der Waals surface area (Å²) in [5.74, 6) is 0. The van der Waals surface area contributed by atoms with Gasteiger partial charge in [0.25, 0.3) is 0 Å². The van der Waals surface area contributed by atoms with Crippen molar-refractivity contribution >= 4 is 21.7 Å². The highest BCUT2D eigenvalue weighted by Gasteiger charge is 2.15. The van der Waals surface area contributed by atoms with Gasteiger partial charge in [-0.3, -0.25) is 0 Å². The zero-order valence-corrected chi connectivity index (χ0v) is 18.0. The lowest BCUT2D eigenvalue weighted by atomic mass is 9.98. The summed E-state index contributed by atoms with van der Waals surface area (Å²) in [6.07, 6.45) is 0. The molecule has 0 spiro atoms. The lowest BCUT2D eigenvalue weighted by Crippen LogP contribution is -1.99. The minimum absolute atomic E-state index is 1.21. The summed E-state index contributed by atoms with van der Waals surface area (Å²) in [5, 5.41) is 3.75. The Morgan fingerprint density at radius 3 is 2.00 bits per heavy atom. The second-order valence-corrected chi connectivity index (χ2v) is 8.37. The molecule has 0 saturated carbocycles. The van der Waals surface area contributed by atoms with Crippen LogP contribution in [0.5, 0.6) is 0 Å². The molecule has 1 nitrogen and oxygen atoms in total. The van der Waals surface area contributed by atoms with E-state index in [4.69, 9.17) is 0 Å². The Labute approximate surface area is 188 Å². The van der Waals surface area contributed by atoms with Gasteiger partial charge in [0.2, 0.25) is 0 Å². The third-order valence-corrected chi connectivity index (χ3v) is 6.25. The first-order valence-electron chi connectivity index (χ1n) is 11.0. The van der Waals surface area contributed by atoms with Gasteiger partial charge >= 0.3 is 0 Å². The topological polar surface area (TPSA) is 4.93 Å². The standard InChI is InChI=1S/C31H23N/c1-22-15-17-23(18-16-22)27-19-25-11-5-7-13-28(25)31(21-27)32-29-14-8-6-12-26(29)20-30(32)24-9-3-2-4-10-24/h2-21H,1H3. The van der Waals surface area contributed by atoms with E-state index in [1.54, 1.807) is 0 Å². The van der Waals surface area contributed by atoms with Gasteiger partial charge in [-0.2, -0.15) is 0 Å². The van der Waals surface area contributed by atoms with Gasteiger partial charge in [0.15, 0.2) is 0 Å². The number of benzene rings is 5. The molecule has 1 heteroatoms. The molecule has 32 heavy (non-hydrogen) atoms. The molecule has 0 amide bonds. The van der Waals surface area contributed by atoms with Crippen molar-refractivity contribution in [2.24, 2.45) is 0 Å². The zero-order valence-electron chi connectivity index (χ0n) is 18.0. The van der Waals surface area contributed by atoms with E-state index >= 15 is 0 Å². The van der Waals surface area contributed by atoms with Crippen LogP contribution >= 0.6 is 0 Å². The normalized spacial score (nSPS) is 11.3. The van der Waals surface area contributed by atoms with Crippen molar-refractivity contribution in [3.8, 4) is 28.1 Å². The number of hydrogen-bond donors (Lipinski definition) is 0. The van der Waals surface area contributed by atoms with Gasteiger partial charge in [0, 0.05) is 10.8 Å². The smallest absolute Gasteiger partial charge is 0.0546 e. The van der Waals surface area contributed by atoms with E-state index in [-0.39, 0.29) is 0 Å². The molecular weight excluding hydrogens is 386 g/mol. The lowest BCUT2D eigenvalue weighted by Gasteiger charge is -2.16. The van der Waals surface area contributed by atoms with Crippen molar-refractivity contribution in [2.45, 2.75) is 6.92 Å². The maximum atomic E-state index is 2.42. The molecule has 0 radical (unpaired) electrons. The summed E-state index contributed by atoms with van der Waals surface area (Å²) < 4.78 is 2.42. The first-order valence-corrected chi connectivity index (χ1v) is 11.0. The summed E-state index contributed by atoms with van der Waals surface area (Å²) in [4.78, 5) is 0. The molecule has 0 aliphatic rings. The van der Waals surface area contributed by atoms with E-state index in [9.17, 15) is 0 Å². The van der Waals surface area contributed by atoms with Crippen LogP contribution in [0, 0.1) is 6.92 Å². The highest BCUT2D eigenvalue weighted by molar-refractivity contribution is 5.98. The van der Waals surface area contributed by atoms with Crippen LogP contribution < -0.4 is 0 Å². The van der Waals surface area contributed by atoms with Crippen LogP contribution in [0.3, 0.4) is 0 Å². The minimum Gasteiger partial charge on any atom is -0.309 e. The maximum Gasteiger partial charge on any atom is 0.0546 e. The monoisotopic (exact) mass is 409 g/mol. The average molecular weight is 410 g/mol. The second kappa shape index (κ2) is 7.55. The molecule has 6 rings (SSSR count). The molecule has 152 valence electrons. The van der Waals surface area contributed by atoms with Crippen molar-refractivity contribution in [1.82, 2.24) is 4.57 Å². The van der Waals surface area contributed by atoms with E-state index in [2.05, 4.69) is 133 Å². The highest BCUT2D eigenvalue weighted by atomic mass is 15.0. The van der Waals surface area contributed by atoms with Gasteiger partial charge in [0.1, 0.15) is 0 Å². The number of aryl methyl sites for hydroxylation is 1. The molecule has 0 atom stereocenters. The first-order chi connectivity index (χ1) is 15.8. The molecule has 5 aromatic carbocycles. The third-order valence-electron chi connectivity index (χ3n) is 6.25. The molecule has 0 bridgehead atoms. The Bertz CT molecular complexity index is 1550. The quantitative estimate of drug-likeness (QED) is 0.276. The fourth-order valence-corrected chi connectivity index (χ4v) is 4.62. The van der Waals surface area contributed by atoms with Crippen molar-refractivity contribution in [2.75, 3.05) is 0 Å². The Hall–Kier alpha value is -4.10. The van der Waals surface area contributed by atoms with Crippen molar-refractivity contribution < 1.29 is 0 Å². The molecule has 6 aromatic rings. The van der Waals surface area contributed by atoms with Gasteiger partial charge in [-0.05, 0) is 53.3 Å². The van der Waals surface area contributed by atoms with E-state index in [0.717, 1.165) is 0 Å². The van der Waals surface area contributed by atoms with E-state index < -0.39 is 0 Å². The van der Waals surface area contributed by atoms with E-state index in [1.165, 1.54) is 55.3 Å². The predicted molar refractivity (Wildman–Crippen MR) is 136 cm³/mol. The van der Waals surface area contributed by atoms with Crippen LogP contribution in [0.15, 0.2) is 121 Å². The van der Waals surface area contributed by atoms with Crippen LogP contribution in [-0.4, -0.2) is 4.57 Å². The summed E-state index contributed by atoms with van der Waals surface area (Å²) >= 11 is 0. The molecule has 1 aromatic heterocycles. The van der Waals surface area contributed by atoms with E-state index in [0.29, 0.717) is 0 Å². The van der Waals surface area contributed by atoms with Crippen LogP contribution in [0.1, 0.15) is 5.56 Å². The van der Waals surface area contributed by atoms with Crippen LogP contribution in [0.2, 0.25) is 0 Å². The minimum atomic E-state index is 1.21. The SMILES string of the molecule is Cc1ccc(-c2cc(-n3c(-c4ccccc4)cc4ccccc43)c3ccccc3c2)cc1. The number of aromatic nitrogens is 1. The molecule has 0 N–H and O–H groups in total. The molecule has 1 heterocycles. The Morgan fingerprint density at radius 2 is 1.19 bits per heavy atom. The van der Waals surface area contributed by atoms with Crippen molar-refractivity contribution in [3.05, 3.63) is 127 Å². The molecular formula is C31H23N. The lowest BCUT2D eigenvalue weighted by molar-refractivity contribution is 1.15. The van der Waals surface area contributed by atoms with Crippen LogP contribution in [0.4, 0.5) is 0 Å². The van der Waals surface area contributed by atoms with Gasteiger partial charge < -0.3 is 4.57 Å². The molecule has 0 unspecified atom stereocenters. The number of fused-ring (bicyclic) bond motifs is 2. The third kappa shape index (κ3) is 3.11. The second-order valence-electron chi connectivity index (χ2n) is 8.37. The van der Waals surface area contributed by atoms with Gasteiger partial charge in [0.05, 0.1) is 16.9 Å². The molecule has 0 fully saturated rings. The number of hydrogen-bond acceptors (Lipinski definition) is 0. The Morgan fingerprint density at radius 1 is 0.500 bits per heavy atom. The zero-order chi connectivity index (χ0) is 21.5. The summed E-state index contributed by atoms with van der Waals surface area (Å²) in [6.45, 7) is 2.13. The highest BCUT2D eigenvalue weighted by Crippen LogP contribution is 2.37. The van der Waals surface area contributed by atoms with Gasteiger partial charge in [-0.25, -0.2) is 0 Å².